The van der Waals surface area contributed by atoms with Crippen molar-refractivity contribution in [2.24, 2.45) is 23.7 Å². The summed E-state index contributed by atoms with van der Waals surface area (Å²) >= 11 is 0. The number of methoxy groups -OCH3 is 1. The van der Waals surface area contributed by atoms with Gasteiger partial charge in [-0.05, 0) is 42.2 Å². The van der Waals surface area contributed by atoms with Crippen LogP contribution in [0.5, 0.6) is 5.75 Å². The van der Waals surface area contributed by atoms with Crippen LogP contribution in [-0.2, 0) is 30.7 Å². The number of nitrogens with zero attached hydrogens (tertiary/aromatic N) is 1. The number of sulfonamides is 1. The molecule has 10 heteroatoms. The normalized spacial score (nSPS) is 22.6. The fourth-order valence-corrected chi connectivity index (χ4v) is 7.20. The molecule has 2 aromatic rings. The van der Waals surface area contributed by atoms with E-state index in [1.165, 1.54) is 23.5 Å². The minimum atomic E-state index is -3.91. The Morgan fingerprint density at radius 1 is 1.07 bits per heavy atom. The Kier molecular flexibility index (Phi) is 10.6. The largest absolute Gasteiger partial charge is 0.497 e. The Bertz CT molecular complexity index is 1190. The number of ether oxygens (including phenoxy) is 3. The highest BCUT2D eigenvalue weighted by molar-refractivity contribution is 7.89. The van der Waals surface area contributed by atoms with Gasteiger partial charge in [-0.3, -0.25) is 4.79 Å². The minimum Gasteiger partial charge on any atom is -0.497 e. The molecular formula is C30H42N2O7S. The van der Waals surface area contributed by atoms with Crippen LogP contribution in [0.4, 0.5) is 0 Å². The predicted octanol–water partition coefficient (Wildman–Crippen LogP) is 2.73. The maximum Gasteiger partial charge on any atom is 0.306 e. The number of hydrogen-bond donors (Lipinski definition) is 2. The van der Waals surface area contributed by atoms with Gasteiger partial charge in [0.05, 0.1) is 37.7 Å². The fraction of sp³-hybridized carbons (Fsp3) is 0.567. The number of carbonyl (C=O) groups is 1. The second-order valence-electron chi connectivity index (χ2n) is 11.3. The zero-order chi connectivity index (χ0) is 28.7. The second kappa shape index (κ2) is 13.9. The highest BCUT2D eigenvalue weighted by atomic mass is 32.2. The van der Waals surface area contributed by atoms with Gasteiger partial charge >= 0.3 is 5.97 Å². The van der Waals surface area contributed by atoms with Gasteiger partial charge in [0, 0.05) is 43.9 Å². The van der Waals surface area contributed by atoms with Crippen LogP contribution in [0.3, 0.4) is 0 Å². The van der Waals surface area contributed by atoms with E-state index in [0.29, 0.717) is 31.3 Å². The van der Waals surface area contributed by atoms with Crippen molar-refractivity contribution < 1.29 is 32.5 Å². The van der Waals surface area contributed by atoms with E-state index in [2.05, 4.69) is 5.32 Å². The van der Waals surface area contributed by atoms with E-state index in [-0.39, 0.29) is 42.3 Å². The van der Waals surface area contributed by atoms with E-state index in [0.717, 1.165) is 18.7 Å². The standard InChI is InChI=1S/C30H42N2O7S/c1-21(2)17-32(40(35,36)26-11-9-25(37-3)10-12-26)18-28(33)23(13-22-7-5-4-6-8-22)14-30(34)39-29-20-38-19-24-15-31-16-27(24)29/h4-12,21,23-24,27-29,31,33H,13-20H2,1-3H3/t23-,24?,27?,28-,29?/m1/s1. The lowest BCUT2D eigenvalue weighted by Gasteiger charge is -2.33. The van der Waals surface area contributed by atoms with Crippen LogP contribution < -0.4 is 10.1 Å². The molecule has 0 aromatic heterocycles. The van der Waals surface area contributed by atoms with Gasteiger partial charge in [-0.1, -0.05) is 44.2 Å². The molecule has 2 fully saturated rings. The molecule has 0 aliphatic carbocycles. The first-order chi connectivity index (χ1) is 19.2. The molecule has 0 saturated carbocycles. The van der Waals surface area contributed by atoms with E-state index in [9.17, 15) is 18.3 Å². The molecule has 220 valence electrons. The fourth-order valence-electron chi connectivity index (χ4n) is 5.58. The van der Waals surface area contributed by atoms with E-state index in [1.54, 1.807) is 12.1 Å². The molecule has 2 aromatic carbocycles. The van der Waals surface area contributed by atoms with Crippen molar-refractivity contribution in [2.45, 2.75) is 43.8 Å². The summed E-state index contributed by atoms with van der Waals surface area (Å²) in [5.41, 5.74) is 0.953. The molecule has 4 rings (SSSR count). The highest BCUT2D eigenvalue weighted by Crippen LogP contribution is 2.29. The van der Waals surface area contributed by atoms with Gasteiger partial charge < -0.3 is 24.6 Å². The van der Waals surface area contributed by atoms with E-state index in [4.69, 9.17) is 14.2 Å². The molecule has 2 heterocycles. The number of hydrogen-bond acceptors (Lipinski definition) is 8. The summed E-state index contributed by atoms with van der Waals surface area (Å²) in [6, 6.07) is 15.8. The number of carbonyl (C=O) groups excluding carboxylic acids is 1. The van der Waals surface area contributed by atoms with Gasteiger partial charge in [0.15, 0.2) is 0 Å². The number of aliphatic hydroxyl groups excluding tert-OH is 1. The molecule has 3 unspecified atom stereocenters. The molecule has 0 radical (unpaired) electrons. The number of esters is 1. The second-order valence-corrected chi connectivity index (χ2v) is 13.2. The monoisotopic (exact) mass is 574 g/mol. The Morgan fingerprint density at radius 2 is 1.80 bits per heavy atom. The third-order valence-electron chi connectivity index (χ3n) is 7.74. The zero-order valence-corrected chi connectivity index (χ0v) is 24.4. The van der Waals surface area contributed by atoms with E-state index < -0.39 is 28.0 Å². The van der Waals surface area contributed by atoms with Crippen LogP contribution in [0.1, 0.15) is 25.8 Å². The first-order valence-electron chi connectivity index (χ1n) is 14.0. The molecule has 0 spiro atoms. The van der Waals surface area contributed by atoms with Crippen LogP contribution in [-0.4, -0.2) is 82.5 Å². The first-order valence-corrected chi connectivity index (χ1v) is 15.5. The van der Waals surface area contributed by atoms with Gasteiger partial charge in [-0.25, -0.2) is 8.42 Å². The van der Waals surface area contributed by atoms with Crippen LogP contribution in [0.25, 0.3) is 0 Å². The molecule has 2 aliphatic rings. The van der Waals surface area contributed by atoms with Crippen molar-refractivity contribution >= 4 is 16.0 Å². The molecular weight excluding hydrogens is 532 g/mol. The van der Waals surface area contributed by atoms with Crippen LogP contribution >= 0.6 is 0 Å². The third-order valence-corrected chi connectivity index (χ3v) is 9.58. The Morgan fingerprint density at radius 3 is 2.48 bits per heavy atom. The van der Waals surface area contributed by atoms with Crippen molar-refractivity contribution in [3.63, 3.8) is 0 Å². The van der Waals surface area contributed by atoms with Gasteiger partial charge in [0.2, 0.25) is 10.0 Å². The lowest BCUT2D eigenvalue weighted by atomic mass is 9.89. The lowest BCUT2D eigenvalue weighted by molar-refractivity contribution is -0.164. The first kappa shape index (κ1) is 30.5. The SMILES string of the molecule is COc1ccc(S(=O)(=O)N(CC(C)C)C[C@@H](O)[C@@H](CC(=O)OC2COCC3CNCC32)Cc2ccccc2)cc1. The maximum absolute atomic E-state index is 13.6. The molecule has 40 heavy (non-hydrogen) atoms. The summed E-state index contributed by atoms with van der Waals surface area (Å²) < 4.78 is 45.3. The summed E-state index contributed by atoms with van der Waals surface area (Å²) in [6.07, 6.45) is -1.05. The highest BCUT2D eigenvalue weighted by Gasteiger charge is 2.40. The summed E-state index contributed by atoms with van der Waals surface area (Å²) in [4.78, 5) is 13.3. The van der Waals surface area contributed by atoms with Crippen LogP contribution in [0.15, 0.2) is 59.5 Å². The van der Waals surface area contributed by atoms with Crippen molar-refractivity contribution in [1.29, 1.82) is 0 Å². The van der Waals surface area contributed by atoms with Crippen molar-refractivity contribution in [3.05, 3.63) is 60.2 Å². The smallest absolute Gasteiger partial charge is 0.306 e. The average Bonchev–Trinajstić information content (AvgIpc) is 3.43. The molecule has 5 atom stereocenters. The Hall–Kier alpha value is -2.50. The molecule has 2 saturated heterocycles. The molecule has 2 N–H and O–H groups in total. The molecule has 9 nitrogen and oxygen atoms in total. The van der Waals surface area contributed by atoms with Gasteiger partial charge in [0.1, 0.15) is 11.9 Å². The predicted molar refractivity (Wildman–Crippen MR) is 151 cm³/mol. The number of rotatable bonds is 13. The molecule has 0 bridgehead atoms. The zero-order valence-electron chi connectivity index (χ0n) is 23.6. The average molecular weight is 575 g/mol. The number of nitrogens with one attached hydrogen (secondary N) is 1. The van der Waals surface area contributed by atoms with Crippen LogP contribution in [0.2, 0.25) is 0 Å². The summed E-state index contributed by atoms with van der Waals surface area (Å²) in [5, 5.41) is 14.8. The summed E-state index contributed by atoms with van der Waals surface area (Å²) in [6.45, 7) is 6.61. The Balaban J connectivity index is 1.51. The minimum absolute atomic E-state index is 0.0250. The quantitative estimate of drug-likeness (QED) is 0.351. The molecule has 2 aliphatic heterocycles. The number of aliphatic hydroxyl groups is 1. The van der Waals surface area contributed by atoms with Gasteiger partial charge in [0.25, 0.3) is 0 Å². The number of benzene rings is 2. The maximum atomic E-state index is 13.6. The van der Waals surface area contributed by atoms with Crippen molar-refractivity contribution in [3.8, 4) is 5.75 Å². The van der Waals surface area contributed by atoms with Crippen molar-refractivity contribution in [1.82, 2.24) is 9.62 Å². The van der Waals surface area contributed by atoms with Crippen molar-refractivity contribution in [2.75, 3.05) is 46.5 Å². The molecule has 0 amide bonds. The lowest BCUT2D eigenvalue weighted by Crippen LogP contribution is -2.44. The number of fused-ring (bicyclic) bond motifs is 1. The van der Waals surface area contributed by atoms with E-state index >= 15 is 0 Å². The topological polar surface area (TPSA) is 114 Å². The van der Waals surface area contributed by atoms with Gasteiger partial charge in [-0.2, -0.15) is 4.31 Å². The summed E-state index contributed by atoms with van der Waals surface area (Å²) in [7, 11) is -2.38. The van der Waals surface area contributed by atoms with Gasteiger partial charge in [-0.15, -0.1) is 0 Å². The Labute approximate surface area is 237 Å². The summed E-state index contributed by atoms with van der Waals surface area (Å²) in [5.74, 6) is 0.166. The van der Waals surface area contributed by atoms with E-state index in [1.807, 2.05) is 44.2 Å². The van der Waals surface area contributed by atoms with Crippen LogP contribution in [0, 0.1) is 23.7 Å². The third kappa shape index (κ3) is 7.82.